The molecule has 1 amide bonds. The van der Waals surface area contributed by atoms with Gasteiger partial charge in [-0.15, -0.1) is 0 Å². The molecule has 2 aromatic heterocycles. The van der Waals surface area contributed by atoms with Gasteiger partial charge in [-0.2, -0.15) is 5.10 Å². The molecule has 0 aliphatic carbocycles. The Kier molecular flexibility index (Phi) is 4.92. The molecule has 1 N–H and O–H groups in total. The maximum Gasteiger partial charge on any atom is 0.259 e. The fourth-order valence-corrected chi connectivity index (χ4v) is 3.55. The molecular formula is C22H18BrFN4O. The predicted molar refractivity (Wildman–Crippen MR) is 115 cm³/mol. The number of anilines is 1. The van der Waals surface area contributed by atoms with E-state index in [9.17, 15) is 9.18 Å². The molecule has 2 heterocycles. The summed E-state index contributed by atoms with van der Waals surface area (Å²) in [5.41, 5.74) is 5.88. The Bertz CT molecular complexity index is 1250. The Morgan fingerprint density at radius 3 is 2.52 bits per heavy atom. The van der Waals surface area contributed by atoms with Crippen molar-refractivity contribution < 1.29 is 9.18 Å². The van der Waals surface area contributed by atoms with E-state index in [1.165, 1.54) is 12.1 Å². The minimum absolute atomic E-state index is 0.255. The standard InChI is InChI=1S/C22H18BrFN4O/c1-12-10-17(8-9-19(12)23)26-22(29)18-11-25-21-20(13(2)27-28(21)14(18)3)15-4-6-16(24)7-5-15/h4-11H,1-3H3,(H,26,29). The van der Waals surface area contributed by atoms with Gasteiger partial charge in [0.1, 0.15) is 5.82 Å². The van der Waals surface area contributed by atoms with Crippen LogP contribution in [-0.2, 0) is 0 Å². The van der Waals surface area contributed by atoms with E-state index in [0.29, 0.717) is 22.6 Å². The van der Waals surface area contributed by atoms with Crippen molar-refractivity contribution in [2.24, 2.45) is 0 Å². The zero-order chi connectivity index (χ0) is 20.7. The number of carbonyl (C=O) groups is 1. The molecule has 0 atom stereocenters. The number of carbonyl (C=O) groups excluding carboxylic acids is 1. The lowest BCUT2D eigenvalue weighted by Crippen LogP contribution is -2.16. The van der Waals surface area contributed by atoms with E-state index in [2.05, 4.69) is 31.3 Å². The molecule has 0 aliphatic rings. The Hall–Kier alpha value is -3.06. The molecule has 146 valence electrons. The van der Waals surface area contributed by atoms with E-state index >= 15 is 0 Å². The van der Waals surface area contributed by atoms with E-state index in [-0.39, 0.29) is 11.7 Å². The highest BCUT2D eigenvalue weighted by Gasteiger charge is 2.19. The molecule has 0 radical (unpaired) electrons. The van der Waals surface area contributed by atoms with Crippen LogP contribution in [0.5, 0.6) is 0 Å². The summed E-state index contributed by atoms with van der Waals surface area (Å²) in [6, 6.07) is 11.8. The number of aryl methyl sites for hydroxylation is 3. The van der Waals surface area contributed by atoms with Crippen LogP contribution in [-0.4, -0.2) is 20.5 Å². The van der Waals surface area contributed by atoms with Crippen LogP contribution < -0.4 is 5.32 Å². The lowest BCUT2D eigenvalue weighted by molar-refractivity contribution is 0.102. The van der Waals surface area contributed by atoms with Crippen LogP contribution in [0, 0.1) is 26.6 Å². The Morgan fingerprint density at radius 2 is 1.83 bits per heavy atom. The zero-order valence-corrected chi connectivity index (χ0v) is 17.7. The molecule has 0 saturated heterocycles. The van der Waals surface area contributed by atoms with Gasteiger partial charge in [0, 0.05) is 21.9 Å². The number of aromatic nitrogens is 3. The maximum absolute atomic E-state index is 13.3. The van der Waals surface area contributed by atoms with Crippen LogP contribution >= 0.6 is 15.9 Å². The first-order valence-electron chi connectivity index (χ1n) is 9.03. The van der Waals surface area contributed by atoms with Crippen molar-refractivity contribution in [2.45, 2.75) is 20.8 Å². The number of benzene rings is 2. The number of halogens is 2. The fourth-order valence-electron chi connectivity index (χ4n) is 3.30. The number of nitrogens with zero attached hydrogens (tertiary/aromatic N) is 3. The first kappa shape index (κ1) is 19.3. The molecule has 0 saturated carbocycles. The third-order valence-electron chi connectivity index (χ3n) is 4.85. The molecule has 2 aromatic carbocycles. The third kappa shape index (κ3) is 3.53. The SMILES string of the molecule is Cc1cc(NC(=O)c2cnc3c(-c4ccc(F)cc4)c(C)nn3c2C)ccc1Br. The van der Waals surface area contributed by atoms with Crippen molar-refractivity contribution in [3.8, 4) is 11.1 Å². The van der Waals surface area contributed by atoms with E-state index in [1.54, 1.807) is 22.8 Å². The lowest BCUT2D eigenvalue weighted by Gasteiger charge is -2.10. The second-order valence-electron chi connectivity index (χ2n) is 6.88. The summed E-state index contributed by atoms with van der Waals surface area (Å²) >= 11 is 3.46. The van der Waals surface area contributed by atoms with Gasteiger partial charge in [-0.1, -0.05) is 28.1 Å². The van der Waals surface area contributed by atoms with Gasteiger partial charge in [-0.3, -0.25) is 4.79 Å². The van der Waals surface area contributed by atoms with E-state index in [4.69, 9.17) is 0 Å². The van der Waals surface area contributed by atoms with E-state index in [1.807, 2.05) is 39.0 Å². The summed E-state index contributed by atoms with van der Waals surface area (Å²) in [5.74, 6) is -0.552. The third-order valence-corrected chi connectivity index (χ3v) is 5.74. The van der Waals surface area contributed by atoms with Crippen LogP contribution in [0.2, 0.25) is 0 Å². The van der Waals surface area contributed by atoms with Crippen LogP contribution in [0.4, 0.5) is 10.1 Å². The van der Waals surface area contributed by atoms with Crippen LogP contribution in [0.25, 0.3) is 16.8 Å². The number of hydrogen-bond donors (Lipinski definition) is 1. The Labute approximate surface area is 175 Å². The van der Waals surface area contributed by atoms with Crippen LogP contribution in [0.1, 0.15) is 27.3 Å². The number of nitrogens with one attached hydrogen (secondary N) is 1. The topological polar surface area (TPSA) is 59.3 Å². The Morgan fingerprint density at radius 1 is 1.10 bits per heavy atom. The smallest absolute Gasteiger partial charge is 0.259 e. The van der Waals surface area contributed by atoms with Gasteiger partial charge < -0.3 is 5.32 Å². The Balaban J connectivity index is 1.73. The van der Waals surface area contributed by atoms with Crippen molar-refractivity contribution >= 4 is 33.2 Å². The van der Waals surface area contributed by atoms with Crippen LogP contribution in [0.3, 0.4) is 0 Å². The van der Waals surface area contributed by atoms with Gasteiger partial charge in [0.2, 0.25) is 0 Å². The summed E-state index contributed by atoms with van der Waals surface area (Å²) in [6.07, 6.45) is 1.56. The van der Waals surface area contributed by atoms with Crippen molar-refractivity contribution in [3.63, 3.8) is 0 Å². The molecule has 0 bridgehead atoms. The first-order valence-corrected chi connectivity index (χ1v) is 9.83. The van der Waals surface area contributed by atoms with E-state index < -0.39 is 0 Å². The van der Waals surface area contributed by atoms with Crippen molar-refractivity contribution in [3.05, 3.63) is 81.5 Å². The monoisotopic (exact) mass is 452 g/mol. The van der Waals surface area contributed by atoms with Gasteiger partial charge in [-0.05, 0) is 62.2 Å². The normalized spacial score (nSPS) is 11.1. The van der Waals surface area contributed by atoms with Gasteiger partial charge in [0.05, 0.1) is 17.0 Å². The molecular weight excluding hydrogens is 435 g/mol. The summed E-state index contributed by atoms with van der Waals surface area (Å²) < 4.78 is 15.9. The molecule has 29 heavy (non-hydrogen) atoms. The summed E-state index contributed by atoms with van der Waals surface area (Å²) in [5, 5.41) is 7.47. The van der Waals surface area contributed by atoms with Crippen molar-refractivity contribution in [1.29, 1.82) is 0 Å². The quantitative estimate of drug-likeness (QED) is 0.447. The molecule has 0 spiro atoms. The molecule has 0 fully saturated rings. The second kappa shape index (κ2) is 7.40. The largest absolute Gasteiger partial charge is 0.322 e. The highest BCUT2D eigenvalue weighted by molar-refractivity contribution is 9.10. The summed E-state index contributed by atoms with van der Waals surface area (Å²) in [7, 11) is 0. The highest BCUT2D eigenvalue weighted by Crippen LogP contribution is 2.28. The van der Waals surface area contributed by atoms with E-state index in [0.717, 1.165) is 26.9 Å². The minimum atomic E-state index is -0.297. The van der Waals surface area contributed by atoms with Crippen LogP contribution in [0.15, 0.2) is 53.1 Å². The lowest BCUT2D eigenvalue weighted by atomic mass is 10.1. The molecule has 4 rings (SSSR count). The van der Waals surface area contributed by atoms with Crippen molar-refractivity contribution in [1.82, 2.24) is 14.6 Å². The van der Waals surface area contributed by atoms with Gasteiger partial charge in [0.15, 0.2) is 5.65 Å². The number of hydrogen-bond acceptors (Lipinski definition) is 3. The zero-order valence-electron chi connectivity index (χ0n) is 16.1. The molecule has 0 aliphatic heterocycles. The number of fused-ring (bicyclic) bond motifs is 1. The molecule has 5 nitrogen and oxygen atoms in total. The summed E-state index contributed by atoms with van der Waals surface area (Å²) in [6.45, 7) is 5.66. The van der Waals surface area contributed by atoms with Gasteiger partial charge in [0.25, 0.3) is 5.91 Å². The second-order valence-corrected chi connectivity index (χ2v) is 7.73. The average molecular weight is 453 g/mol. The number of amides is 1. The van der Waals surface area contributed by atoms with Crippen molar-refractivity contribution in [2.75, 3.05) is 5.32 Å². The highest BCUT2D eigenvalue weighted by atomic mass is 79.9. The molecule has 7 heteroatoms. The van der Waals surface area contributed by atoms with Gasteiger partial charge in [-0.25, -0.2) is 13.9 Å². The number of rotatable bonds is 3. The maximum atomic E-state index is 13.3. The minimum Gasteiger partial charge on any atom is -0.322 e. The summed E-state index contributed by atoms with van der Waals surface area (Å²) in [4.78, 5) is 17.3. The predicted octanol–water partition coefficient (Wildman–Crippen LogP) is 5.48. The molecule has 4 aromatic rings. The first-order chi connectivity index (χ1) is 13.8. The molecule has 0 unspecified atom stereocenters. The fraction of sp³-hybridized carbons (Fsp3) is 0.136. The van der Waals surface area contributed by atoms with Gasteiger partial charge >= 0.3 is 0 Å². The average Bonchev–Trinajstić information content (AvgIpc) is 3.02.